The molecule has 1 heterocycles. The van der Waals surface area contributed by atoms with Crippen molar-refractivity contribution in [1.29, 1.82) is 0 Å². The molecule has 92 valence electrons. The number of benzene rings is 1. The molecule has 0 aliphatic rings. The van der Waals surface area contributed by atoms with Gasteiger partial charge in [-0.1, -0.05) is 0 Å². The number of rotatable bonds is 3. The Bertz CT molecular complexity index is 558. The lowest BCUT2D eigenvalue weighted by Gasteiger charge is -2.07. The minimum absolute atomic E-state index is 0.0451. The molecular weight excluding hydrogens is 228 g/mol. The molecule has 0 amide bonds. The van der Waals surface area contributed by atoms with E-state index in [4.69, 9.17) is 5.73 Å². The number of hydrogen-bond acceptors (Lipinski definition) is 5. The van der Waals surface area contributed by atoms with Gasteiger partial charge in [0.15, 0.2) is 5.78 Å². The topological polar surface area (TPSA) is 80.9 Å². The molecule has 0 unspecified atom stereocenters. The second-order valence-electron chi connectivity index (χ2n) is 4.01. The van der Waals surface area contributed by atoms with Crippen LogP contribution in [-0.2, 0) is 0 Å². The summed E-state index contributed by atoms with van der Waals surface area (Å²) < 4.78 is 0. The van der Waals surface area contributed by atoms with Gasteiger partial charge < -0.3 is 11.1 Å². The molecule has 18 heavy (non-hydrogen) atoms. The molecular formula is C13H14N4O. The molecule has 5 heteroatoms. The van der Waals surface area contributed by atoms with Crippen LogP contribution in [0.3, 0.4) is 0 Å². The van der Waals surface area contributed by atoms with Gasteiger partial charge in [-0.15, -0.1) is 0 Å². The summed E-state index contributed by atoms with van der Waals surface area (Å²) in [5, 5.41) is 3.11. The molecule has 2 rings (SSSR count). The standard InChI is InChI=1S/C13H14N4O/c1-8-7-12(17-13(14)15-8)16-11-5-3-10(4-6-11)9(2)18/h3-7H,1-2H3,(H3,14,15,16,17). The molecule has 0 bridgehead atoms. The molecule has 1 aromatic carbocycles. The molecule has 0 atom stereocenters. The summed E-state index contributed by atoms with van der Waals surface area (Å²) in [4.78, 5) is 19.2. The number of ketones is 1. The monoisotopic (exact) mass is 242 g/mol. The van der Waals surface area contributed by atoms with Crippen molar-refractivity contribution in [3.8, 4) is 0 Å². The molecule has 0 fully saturated rings. The third kappa shape index (κ3) is 2.82. The zero-order valence-corrected chi connectivity index (χ0v) is 10.3. The summed E-state index contributed by atoms with van der Waals surface area (Å²) in [5.41, 5.74) is 7.89. The highest BCUT2D eigenvalue weighted by atomic mass is 16.1. The molecule has 0 spiro atoms. The van der Waals surface area contributed by atoms with Crippen molar-refractivity contribution in [2.75, 3.05) is 11.1 Å². The minimum Gasteiger partial charge on any atom is -0.368 e. The van der Waals surface area contributed by atoms with E-state index < -0.39 is 0 Å². The van der Waals surface area contributed by atoms with Gasteiger partial charge in [-0.2, -0.15) is 4.98 Å². The predicted octanol–water partition coefficient (Wildman–Crippen LogP) is 2.31. The number of anilines is 3. The summed E-state index contributed by atoms with van der Waals surface area (Å²) in [6.07, 6.45) is 0. The normalized spacial score (nSPS) is 10.1. The lowest BCUT2D eigenvalue weighted by Crippen LogP contribution is -2.01. The lowest BCUT2D eigenvalue weighted by molar-refractivity contribution is 0.101. The minimum atomic E-state index is 0.0451. The second-order valence-corrected chi connectivity index (χ2v) is 4.01. The first-order chi connectivity index (χ1) is 8.54. The van der Waals surface area contributed by atoms with E-state index >= 15 is 0 Å². The first kappa shape index (κ1) is 12.0. The number of aromatic nitrogens is 2. The average Bonchev–Trinajstić information content (AvgIpc) is 2.28. The highest BCUT2D eigenvalue weighted by Crippen LogP contribution is 2.16. The highest BCUT2D eigenvalue weighted by Gasteiger charge is 2.02. The molecule has 0 aliphatic carbocycles. The predicted molar refractivity (Wildman–Crippen MR) is 70.9 cm³/mol. The van der Waals surface area contributed by atoms with Crippen molar-refractivity contribution < 1.29 is 4.79 Å². The van der Waals surface area contributed by atoms with Crippen LogP contribution in [0.2, 0.25) is 0 Å². The van der Waals surface area contributed by atoms with Crippen LogP contribution < -0.4 is 11.1 Å². The van der Waals surface area contributed by atoms with Gasteiger partial charge in [-0.05, 0) is 38.1 Å². The Labute approximate surface area is 105 Å². The Morgan fingerprint density at radius 2 is 1.89 bits per heavy atom. The van der Waals surface area contributed by atoms with Crippen molar-refractivity contribution >= 4 is 23.2 Å². The maximum Gasteiger partial charge on any atom is 0.222 e. The van der Waals surface area contributed by atoms with Crippen LogP contribution in [0.4, 0.5) is 17.5 Å². The fraction of sp³-hybridized carbons (Fsp3) is 0.154. The van der Waals surface area contributed by atoms with Crippen LogP contribution in [0.1, 0.15) is 23.0 Å². The van der Waals surface area contributed by atoms with Gasteiger partial charge in [0.2, 0.25) is 5.95 Å². The number of carbonyl (C=O) groups is 1. The Balaban J connectivity index is 2.20. The summed E-state index contributed by atoms with van der Waals surface area (Å²) in [6, 6.07) is 8.98. The van der Waals surface area contributed by atoms with Crippen LogP contribution in [0, 0.1) is 6.92 Å². The average molecular weight is 242 g/mol. The van der Waals surface area contributed by atoms with E-state index in [9.17, 15) is 4.79 Å². The first-order valence-corrected chi connectivity index (χ1v) is 5.54. The Morgan fingerprint density at radius 1 is 1.22 bits per heavy atom. The Kier molecular flexibility index (Phi) is 3.23. The fourth-order valence-corrected chi connectivity index (χ4v) is 1.59. The molecule has 3 N–H and O–H groups in total. The van der Waals surface area contributed by atoms with Gasteiger partial charge in [0.05, 0.1) is 0 Å². The number of Topliss-reactive ketones (excluding diaryl/α,β-unsaturated/α-hetero) is 1. The number of nitrogen functional groups attached to an aromatic ring is 1. The maximum absolute atomic E-state index is 11.1. The van der Waals surface area contributed by atoms with Crippen LogP contribution in [0.25, 0.3) is 0 Å². The smallest absolute Gasteiger partial charge is 0.222 e. The number of nitrogens with two attached hydrogens (primary N) is 1. The third-order valence-corrected chi connectivity index (χ3v) is 2.44. The fourth-order valence-electron chi connectivity index (χ4n) is 1.59. The van der Waals surface area contributed by atoms with E-state index in [1.807, 2.05) is 19.1 Å². The van der Waals surface area contributed by atoms with Crippen molar-refractivity contribution in [3.63, 3.8) is 0 Å². The number of nitrogens with zero attached hydrogens (tertiary/aromatic N) is 2. The van der Waals surface area contributed by atoms with E-state index in [0.29, 0.717) is 11.4 Å². The Morgan fingerprint density at radius 3 is 2.44 bits per heavy atom. The highest BCUT2D eigenvalue weighted by molar-refractivity contribution is 5.94. The van der Waals surface area contributed by atoms with E-state index in [-0.39, 0.29) is 11.7 Å². The van der Waals surface area contributed by atoms with E-state index in [1.165, 1.54) is 6.92 Å². The van der Waals surface area contributed by atoms with Crippen LogP contribution in [-0.4, -0.2) is 15.8 Å². The maximum atomic E-state index is 11.1. The number of nitrogens with one attached hydrogen (secondary N) is 1. The number of hydrogen-bond donors (Lipinski definition) is 2. The molecule has 2 aromatic rings. The van der Waals surface area contributed by atoms with Gasteiger partial charge in [-0.25, -0.2) is 4.98 Å². The van der Waals surface area contributed by atoms with Gasteiger partial charge >= 0.3 is 0 Å². The third-order valence-electron chi connectivity index (χ3n) is 2.44. The SMILES string of the molecule is CC(=O)c1ccc(Nc2cc(C)nc(N)n2)cc1. The van der Waals surface area contributed by atoms with Gasteiger partial charge in [0.1, 0.15) is 5.82 Å². The number of aryl methyl sites for hydroxylation is 1. The van der Waals surface area contributed by atoms with Crippen molar-refractivity contribution in [2.45, 2.75) is 13.8 Å². The summed E-state index contributed by atoms with van der Waals surface area (Å²) in [7, 11) is 0. The molecule has 0 radical (unpaired) electrons. The summed E-state index contributed by atoms with van der Waals surface area (Å²) in [5.74, 6) is 0.914. The van der Waals surface area contributed by atoms with Crippen LogP contribution in [0.5, 0.6) is 0 Å². The quantitative estimate of drug-likeness (QED) is 0.807. The zero-order chi connectivity index (χ0) is 13.1. The van der Waals surface area contributed by atoms with Crippen molar-refractivity contribution in [3.05, 3.63) is 41.6 Å². The molecule has 0 saturated heterocycles. The zero-order valence-electron chi connectivity index (χ0n) is 10.3. The summed E-state index contributed by atoms with van der Waals surface area (Å²) in [6.45, 7) is 3.39. The van der Waals surface area contributed by atoms with Gasteiger partial charge in [-0.3, -0.25) is 4.79 Å². The number of carbonyl (C=O) groups excluding carboxylic acids is 1. The Hall–Kier alpha value is -2.43. The van der Waals surface area contributed by atoms with E-state index in [1.54, 1.807) is 18.2 Å². The molecule has 0 aliphatic heterocycles. The van der Waals surface area contributed by atoms with Crippen molar-refractivity contribution in [1.82, 2.24) is 9.97 Å². The van der Waals surface area contributed by atoms with Gasteiger partial charge in [0.25, 0.3) is 0 Å². The summed E-state index contributed by atoms with van der Waals surface area (Å²) >= 11 is 0. The molecule has 5 nitrogen and oxygen atoms in total. The van der Waals surface area contributed by atoms with Crippen molar-refractivity contribution in [2.24, 2.45) is 0 Å². The first-order valence-electron chi connectivity index (χ1n) is 5.54. The lowest BCUT2D eigenvalue weighted by atomic mass is 10.1. The second kappa shape index (κ2) is 4.83. The van der Waals surface area contributed by atoms with E-state index in [0.717, 1.165) is 11.4 Å². The van der Waals surface area contributed by atoms with Gasteiger partial charge in [0, 0.05) is 23.0 Å². The largest absolute Gasteiger partial charge is 0.368 e. The van der Waals surface area contributed by atoms with E-state index in [2.05, 4.69) is 15.3 Å². The molecule has 0 saturated carbocycles. The molecule has 1 aromatic heterocycles. The van der Waals surface area contributed by atoms with Crippen LogP contribution in [0.15, 0.2) is 30.3 Å². The van der Waals surface area contributed by atoms with Crippen LogP contribution >= 0.6 is 0 Å².